The van der Waals surface area contributed by atoms with Crippen LogP contribution in [0, 0.1) is 0 Å². The van der Waals surface area contributed by atoms with Gasteiger partial charge in [0.05, 0.1) is 0 Å². The minimum Gasteiger partial charge on any atom is -0.396 e. The number of anilines is 1. The van der Waals surface area contributed by atoms with E-state index in [1.807, 2.05) is 29.3 Å². The summed E-state index contributed by atoms with van der Waals surface area (Å²) >= 11 is 0. The third kappa shape index (κ3) is 3.13. The second kappa shape index (κ2) is 6.09. The molecule has 0 bridgehead atoms. The van der Waals surface area contributed by atoms with Crippen molar-refractivity contribution >= 4 is 17.6 Å². The predicted octanol–water partition coefficient (Wildman–Crippen LogP) is 1.50. The van der Waals surface area contributed by atoms with Crippen LogP contribution in [0.2, 0.25) is 0 Å². The summed E-state index contributed by atoms with van der Waals surface area (Å²) < 4.78 is 1.75. The Labute approximate surface area is 122 Å². The average molecular weight is 289 g/mol. The number of nitrogens with zero attached hydrogens (tertiary/aromatic N) is 4. The Morgan fingerprint density at radius 2 is 2.24 bits per heavy atom. The maximum absolute atomic E-state index is 12.4. The summed E-state index contributed by atoms with van der Waals surface area (Å²) in [4.78, 5) is 14.2. The van der Waals surface area contributed by atoms with Gasteiger partial charge in [-0.1, -0.05) is 6.07 Å². The quantitative estimate of drug-likeness (QED) is 0.789. The second-order valence-electron chi connectivity index (χ2n) is 5.24. The highest BCUT2D eigenvalue weighted by Crippen LogP contribution is 2.27. The fourth-order valence-corrected chi connectivity index (χ4v) is 2.32. The molecular weight excluding hydrogens is 270 g/mol. The van der Waals surface area contributed by atoms with Crippen LogP contribution in [-0.2, 0) is 0 Å². The Kier molecular flexibility index (Phi) is 4.01. The maximum Gasteiger partial charge on any atom is 0.324 e. The van der Waals surface area contributed by atoms with Gasteiger partial charge in [0.25, 0.3) is 0 Å². The molecule has 2 aromatic rings. The van der Waals surface area contributed by atoms with Crippen molar-refractivity contribution in [3.05, 3.63) is 24.4 Å². The van der Waals surface area contributed by atoms with E-state index < -0.39 is 0 Å². The van der Waals surface area contributed by atoms with Crippen molar-refractivity contribution in [3.63, 3.8) is 0 Å². The molecule has 7 heteroatoms. The first-order valence-electron chi connectivity index (χ1n) is 7.28. The largest absolute Gasteiger partial charge is 0.396 e. The molecule has 0 aromatic carbocycles. The van der Waals surface area contributed by atoms with Crippen LogP contribution in [0.1, 0.15) is 25.7 Å². The molecule has 1 saturated carbocycles. The van der Waals surface area contributed by atoms with Crippen molar-refractivity contribution < 1.29 is 9.90 Å². The van der Waals surface area contributed by atoms with E-state index in [1.165, 1.54) is 0 Å². The van der Waals surface area contributed by atoms with Crippen molar-refractivity contribution in [3.8, 4) is 0 Å². The number of carbonyl (C=O) groups excluding carboxylic acids is 1. The molecule has 3 rings (SSSR count). The monoisotopic (exact) mass is 289 g/mol. The fourth-order valence-electron chi connectivity index (χ4n) is 2.32. The van der Waals surface area contributed by atoms with Gasteiger partial charge in [-0.2, -0.15) is 0 Å². The standard InChI is InChI=1S/C14H19N5O2/c20-10-4-3-8-18(11-6-7-11)14(21)15-13-17-16-12-5-1-2-9-19(12)13/h1-2,5,9,11,20H,3-4,6-8,10H2,(H,15,17,21). The molecule has 0 radical (unpaired) electrons. The lowest BCUT2D eigenvalue weighted by Gasteiger charge is -2.22. The Morgan fingerprint density at radius 1 is 1.38 bits per heavy atom. The Bertz CT molecular complexity index is 623. The highest BCUT2D eigenvalue weighted by atomic mass is 16.3. The minimum absolute atomic E-state index is 0.145. The van der Waals surface area contributed by atoms with E-state index in [1.54, 1.807) is 4.40 Å². The molecule has 1 aliphatic rings. The number of aliphatic hydroxyl groups excluding tert-OH is 1. The summed E-state index contributed by atoms with van der Waals surface area (Å²) in [6.45, 7) is 0.822. The first-order valence-corrected chi connectivity index (χ1v) is 7.28. The smallest absolute Gasteiger partial charge is 0.324 e. The van der Waals surface area contributed by atoms with Gasteiger partial charge in [0.15, 0.2) is 5.65 Å². The SMILES string of the molecule is O=C(Nc1nnc2ccccn12)N(CCCCO)C1CC1. The van der Waals surface area contributed by atoms with Crippen LogP contribution < -0.4 is 5.32 Å². The molecule has 0 spiro atoms. The molecular formula is C14H19N5O2. The number of aliphatic hydroxyl groups is 1. The number of unbranched alkanes of at least 4 members (excludes halogenated alkanes) is 1. The first-order chi connectivity index (χ1) is 10.3. The number of carbonyl (C=O) groups is 1. The number of aromatic nitrogens is 3. The van der Waals surface area contributed by atoms with E-state index in [4.69, 9.17) is 5.11 Å². The Hall–Kier alpha value is -2.15. The van der Waals surface area contributed by atoms with E-state index in [2.05, 4.69) is 15.5 Å². The molecule has 112 valence electrons. The highest BCUT2D eigenvalue weighted by Gasteiger charge is 2.32. The van der Waals surface area contributed by atoms with Gasteiger partial charge in [-0.3, -0.25) is 9.72 Å². The summed E-state index contributed by atoms with van der Waals surface area (Å²) in [6.07, 6.45) is 5.43. The molecule has 2 amide bonds. The molecule has 0 unspecified atom stereocenters. The van der Waals surface area contributed by atoms with E-state index in [0.29, 0.717) is 30.6 Å². The first kappa shape index (κ1) is 13.8. The normalized spacial score (nSPS) is 14.3. The number of pyridine rings is 1. The molecule has 1 aliphatic carbocycles. The van der Waals surface area contributed by atoms with Crippen molar-refractivity contribution in [2.75, 3.05) is 18.5 Å². The van der Waals surface area contributed by atoms with Gasteiger partial charge in [0, 0.05) is 25.4 Å². The van der Waals surface area contributed by atoms with Crippen molar-refractivity contribution in [1.29, 1.82) is 0 Å². The topological polar surface area (TPSA) is 82.8 Å². The summed E-state index contributed by atoms with van der Waals surface area (Å²) in [5.41, 5.74) is 0.700. The molecule has 1 fully saturated rings. The second-order valence-corrected chi connectivity index (χ2v) is 5.24. The van der Waals surface area contributed by atoms with Crippen LogP contribution in [-0.4, -0.2) is 49.8 Å². The zero-order valence-corrected chi connectivity index (χ0v) is 11.8. The molecule has 21 heavy (non-hydrogen) atoms. The van der Waals surface area contributed by atoms with Gasteiger partial charge in [0.2, 0.25) is 5.95 Å². The van der Waals surface area contributed by atoms with Crippen LogP contribution in [0.4, 0.5) is 10.7 Å². The van der Waals surface area contributed by atoms with Crippen LogP contribution in [0.15, 0.2) is 24.4 Å². The van der Waals surface area contributed by atoms with Gasteiger partial charge in [0.1, 0.15) is 0 Å². The maximum atomic E-state index is 12.4. The van der Waals surface area contributed by atoms with E-state index >= 15 is 0 Å². The van der Waals surface area contributed by atoms with Crippen molar-refractivity contribution in [2.45, 2.75) is 31.7 Å². The zero-order valence-electron chi connectivity index (χ0n) is 11.8. The number of hydrogen-bond acceptors (Lipinski definition) is 4. The zero-order chi connectivity index (χ0) is 14.7. The number of rotatable bonds is 6. The molecule has 2 heterocycles. The van der Waals surface area contributed by atoms with E-state index in [0.717, 1.165) is 19.3 Å². The molecule has 2 aromatic heterocycles. The molecule has 7 nitrogen and oxygen atoms in total. The highest BCUT2D eigenvalue weighted by molar-refractivity contribution is 5.88. The molecule has 2 N–H and O–H groups in total. The van der Waals surface area contributed by atoms with E-state index in [-0.39, 0.29) is 12.6 Å². The number of urea groups is 1. The van der Waals surface area contributed by atoms with Gasteiger partial charge in [-0.15, -0.1) is 10.2 Å². The van der Waals surface area contributed by atoms with Crippen molar-refractivity contribution in [2.24, 2.45) is 0 Å². The summed E-state index contributed by atoms with van der Waals surface area (Å²) in [5.74, 6) is 0.434. The number of nitrogens with one attached hydrogen (secondary N) is 1. The lowest BCUT2D eigenvalue weighted by Crippen LogP contribution is -2.38. The number of amides is 2. The van der Waals surface area contributed by atoms with Gasteiger partial charge in [-0.25, -0.2) is 4.79 Å². The molecule has 0 aliphatic heterocycles. The van der Waals surface area contributed by atoms with Crippen LogP contribution in [0.5, 0.6) is 0 Å². The van der Waals surface area contributed by atoms with Gasteiger partial charge in [-0.05, 0) is 37.8 Å². The van der Waals surface area contributed by atoms with Crippen LogP contribution in [0.3, 0.4) is 0 Å². The minimum atomic E-state index is -0.145. The molecule has 0 saturated heterocycles. The Morgan fingerprint density at radius 3 is 3.00 bits per heavy atom. The average Bonchev–Trinajstić information content (AvgIpc) is 3.26. The van der Waals surface area contributed by atoms with Crippen LogP contribution in [0.25, 0.3) is 5.65 Å². The lowest BCUT2D eigenvalue weighted by atomic mass is 10.3. The summed E-state index contributed by atoms with van der Waals surface area (Å²) in [5, 5.41) is 19.7. The van der Waals surface area contributed by atoms with Gasteiger partial charge >= 0.3 is 6.03 Å². The summed E-state index contributed by atoms with van der Waals surface area (Å²) in [7, 11) is 0. The lowest BCUT2D eigenvalue weighted by molar-refractivity contribution is 0.203. The summed E-state index contributed by atoms with van der Waals surface area (Å²) in [6, 6.07) is 5.76. The fraction of sp³-hybridized carbons (Fsp3) is 0.500. The molecule has 0 atom stereocenters. The third-order valence-corrected chi connectivity index (χ3v) is 3.59. The van der Waals surface area contributed by atoms with Crippen molar-refractivity contribution in [1.82, 2.24) is 19.5 Å². The Balaban J connectivity index is 1.68. The van der Waals surface area contributed by atoms with Crippen LogP contribution >= 0.6 is 0 Å². The number of fused-ring (bicyclic) bond motifs is 1. The number of hydrogen-bond donors (Lipinski definition) is 2. The van der Waals surface area contributed by atoms with E-state index in [9.17, 15) is 4.79 Å². The third-order valence-electron chi connectivity index (χ3n) is 3.59. The van der Waals surface area contributed by atoms with Gasteiger partial charge < -0.3 is 10.0 Å². The predicted molar refractivity (Wildman–Crippen MR) is 78.1 cm³/mol.